The molecule has 0 atom stereocenters. The van der Waals surface area contributed by atoms with Gasteiger partial charge in [-0.3, -0.25) is 0 Å². The highest BCUT2D eigenvalue weighted by molar-refractivity contribution is 6.24. The molecular formula is C31H22N2. The van der Waals surface area contributed by atoms with Crippen molar-refractivity contribution < 1.29 is 0 Å². The molecule has 1 aliphatic heterocycles. The van der Waals surface area contributed by atoms with Gasteiger partial charge in [-0.2, -0.15) is 0 Å². The van der Waals surface area contributed by atoms with Crippen LogP contribution in [0.15, 0.2) is 91.0 Å². The van der Waals surface area contributed by atoms with Crippen LogP contribution in [-0.4, -0.2) is 9.55 Å². The molecule has 0 radical (unpaired) electrons. The third kappa shape index (κ3) is 2.00. The third-order valence-corrected chi connectivity index (χ3v) is 7.89. The van der Waals surface area contributed by atoms with E-state index >= 15 is 0 Å². The number of hydrogen-bond donors (Lipinski definition) is 1. The van der Waals surface area contributed by atoms with Crippen LogP contribution < -0.4 is 0 Å². The van der Waals surface area contributed by atoms with E-state index in [0.29, 0.717) is 0 Å². The molecule has 2 heteroatoms. The van der Waals surface area contributed by atoms with E-state index in [1.54, 1.807) is 0 Å². The smallest absolute Gasteiger partial charge is 0.0582 e. The quantitative estimate of drug-likeness (QED) is 0.254. The number of hydrogen-bond acceptors (Lipinski definition) is 0. The van der Waals surface area contributed by atoms with E-state index in [2.05, 4.69) is 114 Å². The minimum Gasteiger partial charge on any atom is -0.354 e. The predicted octanol–water partition coefficient (Wildman–Crippen LogP) is 8.21. The lowest BCUT2D eigenvalue weighted by Crippen LogP contribution is -2.26. The summed E-state index contributed by atoms with van der Waals surface area (Å²) >= 11 is 0. The molecular weight excluding hydrogens is 400 g/mol. The van der Waals surface area contributed by atoms with Gasteiger partial charge in [0.15, 0.2) is 0 Å². The normalized spacial score (nSPS) is 14.6. The minimum absolute atomic E-state index is 0.0374. The van der Waals surface area contributed by atoms with Crippen LogP contribution in [0.5, 0.6) is 0 Å². The van der Waals surface area contributed by atoms with E-state index in [1.807, 2.05) is 0 Å². The first-order chi connectivity index (χ1) is 16.1. The molecule has 0 saturated heterocycles. The van der Waals surface area contributed by atoms with E-state index in [9.17, 15) is 0 Å². The molecule has 0 saturated carbocycles. The van der Waals surface area contributed by atoms with E-state index in [1.165, 1.54) is 71.2 Å². The van der Waals surface area contributed by atoms with Crippen molar-refractivity contribution in [2.75, 3.05) is 0 Å². The second kappa shape index (κ2) is 5.65. The first kappa shape index (κ1) is 17.5. The Morgan fingerprint density at radius 2 is 1.42 bits per heavy atom. The monoisotopic (exact) mass is 422 g/mol. The number of aromatic nitrogens is 2. The molecule has 0 spiro atoms. The zero-order chi connectivity index (χ0) is 21.9. The van der Waals surface area contributed by atoms with Gasteiger partial charge < -0.3 is 9.55 Å². The predicted molar refractivity (Wildman–Crippen MR) is 140 cm³/mol. The molecule has 5 aromatic carbocycles. The van der Waals surface area contributed by atoms with E-state index in [4.69, 9.17) is 0 Å². The summed E-state index contributed by atoms with van der Waals surface area (Å²) in [4.78, 5) is 3.71. The summed E-state index contributed by atoms with van der Waals surface area (Å²) in [6.45, 7) is 4.71. The fraction of sp³-hybridized carbons (Fsp3) is 0.0968. The lowest BCUT2D eigenvalue weighted by Gasteiger charge is -2.34. The number of aromatic amines is 1. The summed E-state index contributed by atoms with van der Waals surface area (Å²) in [6.07, 6.45) is 0. The lowest BCUT2D eigenvalue weighted by molar-refractivity contribution is 0.630. The number of H-pyrrole nitrogens is 1. The topological polar surface area (TPSA) is 20.7 Å². The summed E-state index contributed by atoms with van der Waals surface area (Å²) in [5.41, 5.74) is 9.06. The minimum atomic E-state index is -0.0374. The third-order valence-electron chi connectivity index (χ3n) is 7.89. The Morgan fingerprint density at radius 3 is 2.36 bits per heavy atom. The van der Waals surface area contributed by atoms with Crippen LogP contribution in [0.2, 0.25) is 0 Å². The van der Waals surface area contributed by atoms with Crippen molar-refractivity contribution in [1.82, 2.24) is 9.55 Å². The number of benzene rings is 5. The molecule has 1 N–H and O–H groups in total. The van der Waals surface area contributed by atoms with Gasteiger partial charge in [-0.05, 0) is 46.2 Å². The molecule has 0 fully saturated rings. The van der Waals surface area contributed by atoms with Gasteiger partial charge in [0.1, 0.15) is 0 Å². The summed E-state index contributed by atoms with van der Waals surface area (Å²) in [5.74, 6) is 0. The highest BCUT2D eigenvalue weighted by atomic mass is 15.0. The fourth-order valence-electron chi connectivity index (χ4n) is 6.33. The van der Waals surface area contributed by atoms with Crippen LogP contribution >= 0.6 is 0 Å². The standard InChI is InChI=1S/C31H22N2/c1-31(2)23-11-5-6-13-27(23)33-28-17-22-26(16-21(28)20-10-7-12-24(31)30(20)33)32-25-15-14-18-8-3-4-9-19(18)29(22)25/h3-17,32H,1-2H3. The first-order valence-corrected chi connectivity index (χ1v) is 11.6. The second-order valence-electron chi connectivity index (χ2n) is 9.93. The van der Waals surface area contributed by atoms with Crippen molar-refractivity contribution in [2.45, 2.75) is 19.3 Å². The molecule has 8 rings (SSSR count). The van der Waals surface area contributed by atoms with Gasteiger partial charge in [-0.1, -0.05) is 80.6 Å². The Hall–Kier alpha value is -4.04. The lowest BCUT2D eigenvalue weighted by atomic mass is 9.75. The number of para-hydroxylation sites is 2. The molecule has 0 bridgehead atoms. The highest BCUT2D eigenvalue weighted by Gasteiger charge is 2.34. The van der Waals surface area contributed by atoms with Crippen molar-refractivity contribution in [3.05, 3.63) is 102 Å². The van der Waals surface area contributed by atoms with Gasteiger partial charge >= 0.3 is 0 Å². The van der Waals surface area contributed by atoms with Crippen LogP contribution in [-0.2, 0) is 5.41 Å². The Labute approximate surface area is 191 Å². The van der Waals surface area contributed by atoms with E-state index in [0.717, 1.165) is 0 Å². The molecule has 1 aliphatic rings. The van der Waals surface area contributed by atoms with Crippen molar-refractivity contribution in [3.8, 4) is 5.69 Å². The number of nitrogens with zero attached hydrogens (tertiary/aromatic N) is 1. The molecule has 0 aliphatic carbocycles. The summed E-state index contributed by atoms with van der Waals surface area (Å²) in [5, 5.41) is 7.82. The van der Waals surface area contributed by atoms with Gasteiger partial charge in [0.2, 0.25) is 0 Å². The molecule has 7 aromatic rings. The Balaban J connectivity index is 1.64. The van der Waals surface area contributed by atoms with Crippen LogP contribution in [0.1, 0.15) is 25.0 Å². The molecule has 3 heterocycles. The van der Waals surface area contributed by atoms with E-state index in [-0.39, 0.29) is 5.41 Å². The molecule has 0 amide bonds. The Bertz CT molecular complexity index is 1950. The highest BCUT2D eigenvalue weighted by Crippen LogP contribution is 2.48. The molecule has 0 unspecified atom stereocenters. The average Bonchev–Trinajstić information content (AvgIpc) is 3.37. The van der Waals surface area contributed by atoms with Gasteiger partial charge in [0.05, 0.1) is 16.7 Å². The van der Waals surface area contributed by atoms with E-state index < -0.39 is 0 Å². The van der Waals surface area contributed by atoms with Gasteiger partial charge in [-0.15, -0.1) is 0 Å². The number of nitrogens with one attached hydrogen (secondary N) is 1. The van der Waals surface area contributed by atoms with Crippen molar-refractivity contribution in [1.29, 1.82) is 0 Å². The zero-order valence-electron chi connectivity index (χ0n) is 18.6. The van der Waals surface area contributed by atoms with Crippen LogP contribution in [0.3, 0.4) is 0 Å². The fourth-order valence-corrected chi connectivity index (χ4v) is 6.33. The largest absolute Gasteiger partial charge is 0.354 e. The van der Waals surface area contributed by atoms with Gasteiger partial charge in [-0.25, -0.2) is 0 Å². The first-order valence-electron chi connectivity index (χ1n) is 11.6. The summed E-state index contributed by atoms with van der Waals surface area (Å²) in [6, 6.07) is 33.6. The molecule has 156 valence electrons. The molecule has 2 nitrogen and oxygen atoms in total. The van der Waals surface area contributed by atoms with Gasteiger partial charge in [0.25, 0.3) is 0 Å². The SMILES string of the molecule is CC1(C)c2ccccc2-n2c3cc4c(cc3c3cccc1c32)[nH]c1ccc2ccccc2c14. The van der Waals surface area contributed by atoms with Crippen LogP contribution in [0.4, 0.5) is 0 Å². The number of rotatable bonds is 0. The summed E-state index contributed by atoms with van der Waals surface area (Å²) < 4.78 is 2.50. The van der Waals surface area contributed by atoms with Crippen LogP contribution in [0, 0.1) is 0 Å². The van der Waals surface area contributed by atoms with Crippen molar-refractivity contribution in [3.63, 3.8) is 0 Å². The molecule has 2 aromatic heterocycles. The number of fused-ring (bicyclic) bond motifs is 10. The summed E-state index contributed by atoms with van der Waals surface area (Å²) in [7, 11) is 0. The van der Waals surface area contributed by atoms with Gasteiger partial charge in [0, 0.05) is 38.0 Å². The Morgan fingerprint density at radius 1 is 0.636 bits per heavy atom. The maximum atomic E-state index is 3.71. The average molecular weight is 423 g/mol. The van der Waals surface area contributed by atoms with Crippen molar-refractivity contribution in [2.24, 2.45) is 0 Å². The molecule has 33 heavy (non-hydrogen) atoms. The maximum absolute atomic E-state index is 3.71. The zero-order valence-corrected chi connectivity index (χ0v) is 18.6. The van der Waals surface area contributed by atoms with Crippen LogP contribution in [0.25, 0.3) is 60.1 Å². The van der Waals surface area contributed by atoms with Crippen molar-refractivity contribution >= 4 is 54.4 Å². The maximum Gasteiger partial charge on any atom is 0.0582 e. The second-order valence-corrected chi connectivity index (χ2v) is 9.93. The Kier molecular flexibility index (Phi) is 3.00.